The zero-order valence-electron chi connectivity index (χ0n) is 14.3. The molecule has 25 heavy (non-hydrogen) atoms. The van der Waals surface area contributed by atoms with Crippen molar-refractivity contribution in [2.75, 3.05) is 5.32 Å². The zero-order chi connectivity index (χ0) is 18.0. The van der Waals surface area contributed by atoms with Gasteiger partial charge < -0.3 is 10.6 Å². The van der Waals surface area contributed by atoms with Crippen molar-refractivity contribution in [3.63, 3.8) is 0 Å². The first kappa shape index (κ1) is 17.1. The first-order chi connectivity index (χ1) is 12.0. The van der Waals surface area contributed by atoms with E-state index in [1.54, 1.807) is 18.2 Å². The molecule has 2 amide bonds. The highest BCUT2D eigenvalue weighted by molar-refractivity contribution is 5.99. The predicted molar refractivity (Wildman–Crippen MR) is 94.4 cm³/mol. The lowest BCUT2D eigenvalue weighted by Gasteiger charge is -2.09. The van der Waals surface area contributed by atoms with E-state index < -0.39 is 0 Å². The second kappa shape index (κ2) is 7.05. The summed E-state index contributed by atoms with van der Waals surface area (Å²) in [6, 6.07) is 12.1. The Morgan fingerprint density at radius 1 is 1.08 bits per heavy atom. The molecule has 1 aliphatic rings. The minimum atomic E-state index is -0.345. The van der Waals surface area contributed by atoms with Gasteiger partial charge in [0.1, 0.15) is 5.82 Å². The van der Waals surface area contributed by atoms with Crippen LogP contribution in [0.3, 0.4) is 0 Å². The third-order valence-electron chi connectivity index (χ3n) is 4.51. The van der Waals surface area contributed by atoms with Crippen molar-refractivity contribution in [2.24, 2.45) is 11.8 Å². The number of rotatable bonds is 5. The molecule has 0 bridgehead atoms. The summed E-state index contributed by atoms with van der Waals surface area (Å²) >= 11 is 0. The van der Waals surface area contributed by atoms with Gasteiger partial charge in [0.25, 0.3) is 0 Å². The van der Waals surface area contributed by atoms with Gasteiger partial charge >= 0.3 is 0 Å². The summed E-state index contributed by atoms with van der Waals surface area (Å²) in [6.07, 6.45) is 0.528. The molecule has 0 spiro atoms. The van der Waals surface area contributed by atoms with Crippen LogP contribution in [0.4, 0.5) is 10.1 Å². The number of carbonyl (C=O) groups is 2. The van der Waals surface area contributed by atoms with Gasteiger partial charge in [0, 0.05) is 17.8 Å². The number of amides is 2. The molecule has 130 valence electrons. The highest BCUT2D eigenvalue weighted by Gasteiger charge is 2.48. The first-order valence-corrected chi connectivity index (χ1v) is 8.35. The van der Waals surface area contributed by atoms with Crippen LogP contribution in [0.25, 0.3) is 0 Å². The molecule has 1 aliphatic carbocycles. The maximum atomic E-state index is 13.6. The first-order valence-electron chi connectivity index (χ1n) is 8.35. The minimum Gasteiger partial charge on any atom is -0.352 e. The maximum absolute atomic E-state index is 13.6. The minimum absolute atomic E-state index is 0.132. The lowest BCUT2D eigenvalue weighted by molar-refractivity contribution is -0.125. The summed E-state index contributed by atoms with van der Waals surface area (Å²) in [6.45, 7) is 4.07. The Morgan fingerprint density at radius 3 is 2.52 bits per heavy atom. The largest absolute Gasteiger partial charge is 0.352 e. The molecule has 1 saturated carbocycles. The molecule has 2 aromatic carbocycles. The number of carbonyl (C=O) groups excluding carboxylic acids is 2. The van der Waals surface area contributed by atoms with Gasteiger partial charge in [-0.05, 0) is 38.0 Å². The van der Waals surface area contributed by atoms with Crippen LogP contribution in [-0.2, 0) is 16.1 Å². The molecule has 4 nitrogen and oxygen atoms in total. The molecule has 0 heterocycles. The highest BCUT2D eigenvalue weighted by Crippen LogP contribution is 2.39. The molecule has 2 unspecified atom stereocenters. The van der Waals surface area contributed by atoms with E-state index in [0.29, 0.717) is 12.0 Å². The van der Waals surface area contributed by atoms with E-state index in [-0.39, 0.29) is 36.0 Å². The van der Waals surface area contributed by atoms with Crippen LogP contribution < -0.4 is 10.6 Å². The fraction of sp³-hybridized carbons (Fsp3) is 0.300. The second-order valence-electron chi connectivity index (χ2n) is 6.57. The number of benzene rings is 2. The Labute approximate surface area is 146 Å². The highest BCUT2D eigenvalue weighted by atomic mass is 19.1. The SMILES string of the molecule is Cc1ccc(NC(=O)C2CC2C(=O)NCc2ccccc2F)c(C)c1. The molecule has 0 aromatic heterocycles. The molecule has 0 saturated heterocycles. The van der Waals surface area contributed by atoms with Crippen molar-refractivity contribution in [1.82, 2.24) is 5.32 Å². The molecular weight excluding hydrogens is 319 g/mol. The molecule has 2 N–H and O–H groups in total. The van der Waals surface area contributed by atoms with Crippen LogP contribution in [0.15, 0.2) is 42.5 Å². The number of anilines is 1. The zero-order valence-corrected chi connectivity index (χ0v) is 14.3. The van der Waals surface area contributed by atoms with E-state index in [1.165, 1.54) is 6.07 Å². The van der Waals surface area contributed by atoms with Crippen molar-refractivity contribution >= 4 is 17.5 Å². The van der Waals surface area contributed by atoms with Gasteiger partial charge in [-0.1, -0.05) is 35.9 Å². The van der Waals surface area contributed by atoms with Crippen LogP contribution in [0.5, 0.6) is 0 Å². The third-order valence-corrected chi connectivity index (χ3v) is 4.51. The summed E-state index contributed by atoms with van der Waals surface area (Å²) < 4.78 is 13.6. The maximum Gasteiger partial charge on any atom is 0.228 e. The van der Waals surface area contributed by atoms with Crippen LogP contribution in [0, 0.1) is 31.5 Å². The summed E-state index contributed by atoms with van der Waals surface area (Å²) in [5, 5.41) is 5.60. The van der Waals surface area contributed by atoms with Gasteiger partial charge in [-0.2, -0.15) is 0 Å². The van der Waals surface area contributed by atoms with Crippen molar-refractivity contribution < 1.29 is 14.0 Å². The van der Waals surface area contributed by atoms with Crippen molar-refractivity contribution in [3.8, 4) is 0 Å². The smallest absolute Gasteiger partial charge is 0.228 e. The molecule has 1 fully saturated rings. The van der Waals surface area contributed by atoms with Crippen molar-refractivity contribution in [1.29, 1.82) is 0 Å². The van der Waals surface area contributed by atoms with Gasteiger partial charge in [0.15, 0.2) is 0 Å². The number of aryl methyl sites for hydroxylation is 2. The molecule has 0 radical (unpaired) electrons. The normalized spacial score (nSPS) is 18.5. The van der Waals surface area contributed by atoms with Crippen molar-refractivity contribution in [2.45, 2.75) is 26.8 Å². The van der Waals surface area contributed by atoms with E-state index in [0.717, 1.165) is 16.8 Å². The molecule has 2 aromatic rings. The molecule has 2 atom stereocenters. The van der Waals surface area contributed by atoms with E-state index in [4.69, 9.17) is 0 Å². The van der Waals surface area contributed by atoms with Gasteiger partial charge in [-0.3, -0.25) is 9.59 Å². The summed E-state index contributed by atoms with van der Waals surface area (Å²) in [5.74, 6) is -1.34. The fourth-order valence-electron chi connectivity index (χ4n) is 2.91. The second-order valence-corrected chi connectivity index (χ2v) is 6.57. The average molecular weight is 340 g/mol. The third kappa shape index (κ3) is 4.05. The Morgan fingerprint density at radius 2 is 1.80 bits per heavy atom. The molecular formula is C20H21FN2O2. The number of nitrogens with one attached hydrogen (secondary N) is 2. The summed E-state index contributed by atoms with van der Waals surface area (Å²) in [7, 11) is 0. The van der Waals surface area contributed by atoms with E-state index in [1.807, 2.05) is 32.0 Å². The van der Waals surface area contributed by atoms with Gasteiger partial charge in [-0.15, -0.1) is 0 Å². The lowest BCUT2D eigenvalue weighted by Crippen LogP contribution is -2.27. The molecule has 5 heteroatoms. The van der Waals surface area contributed by atoms with Crippen LogP contribution in [0.1, 0.15) is 23.1 Å². The van der Waals surface area contributed by atoms with E-state index in [2.05, 4.69) is 10.6 Å². The van der Waals surface area contributed by atoms with E-state index in [9.17, 15) is 14.0 Å². The monoisotopic (exact) mass is 340 g/mol. The summed E-state index contributed by atoms with van der Waals surface area (Å²) in [5.41, 5.74) is 3.34. The standard InChI is InChI=1S/C20H21FN2O2/c1-12-7-8-18(13(2)9-12)23-20(25)16-10-15(16)19(24)22-11-14-5-3-4-6-17(14)21/h3-9,15-16H,10-11H2,1-2H3,(H,22,24)(H,23,25). The van der Waals surface area contributed by atoms with Gasteiger partial charge in [0.05, 0.1) is 11.8 Å². The Bertz CT molecular complexity index is 819. The average Bonchev–Trinajstić information content (AvgIpc) is 3.37. The lowest BCUT2D eigenvalue weighted by atomic mass is 10.1. The van der Waals surface area contributed by atoms with Crippen molar-refractivity contribution in [3.05, 3.63) is 65.0 Å². The molecule has 3 rings (SSSR count). The number of halogens is 1. The Balaban J connectivity index is 1.52. The van der Waals surface area contributed by atoms with Crippen LogP contribution in [0.2, 0.25) is 0 Å². The Kier molecular flexibility index (Phi) is 4.83. The predicted octanol–water partition coefficient (Wildman–Crippen LogP) is 3.33. The Hall–Kier alpha value is -2.69. The number of hydrogen-bond acceptors (Lipinski definition) is 2. The van der Waals surface area contributed by atoms with Crippen LogP contribution in [-0.4, -0.2) is 11.8 Å². The van der Waals surface area contributed by atoms with E-state index >= 15 is 0 Å². The fourth-order valence-corrected chi connectivity index (χ4v) is 2.91. The van der Waals surface area contributed by atoms with Gasteiger partial charge in [-0.25, -0.2) is 4.39 Å². The van der Waals surface area contributed by atoms with Gasteiger partial charge in [0.2, 0.25) is 11.8 Å². The summed E-state index contributed by atoms with van der Waals surface area (Å²) in [4.78, 5) is 24.5. The quantitative estimate of drug-likeness (QED) is 0.877. The number of hydrogen-bond donors (Lipinski definition) is 2. The molecule has 0 aliphatic heterocycles. The van der Waals surface area contributed by atoms with Crippen LogP contribution >= 0.6 is 0 Å². The topological polar surface area (TPSA) is 58.2 Å².